The molecule has 0 N–H and O–H groups in total. The molecule has 4 nitrogen and oxygen atoms in total. The van der Waals surface area contributed by atoms with Crippen LogP contribution in [0, 0.1) is 0 Å². The summed E-state index contributed by atoms with van der Waals surface area (Å²) in [6, 6.07) is 10.1. The Hall–Kier alpha value is -2.33. The van der Waals surface area contributed by atoms with Gasteiger partial charge in [0.05, 0.1) is 7.11 Å². The first kappa shape index (κ1) is 12.7. The molecule has 1 aromatic heterocycles. The van der Waals surface area contributed by atoms with Crippen molar-refractivity contribution in [2.75, 3.05) is 7.11 Å². The molecule has 0 saturated heterocycles. The molecule has 1 heterocycles. The zero-order valence-electron chi connectivity index (χ0n) is 10.5. The molecule has 0 saturated carbocycles. The van der Waals surface area contributed by atoms with Crippen LogP contribution in [-0.2, 0) is 9.53 Å². The molecule has 3 rings (SSSR count). The van der Waals surface area contributed by atoms with Crippen molar-refractivity contribution in [3.63, 3.8) is 0 Å². The normalized spacial score (nSPS) is 10.9. The maximum Gasteiger partial charge on any atom is 0.379 e. The van der Waals surface area contributed by atoms with Gasteiger partial charge in [0.15, 0.2) is 0 Å². The molecule has 0 aliphatic rings. The summed E-state index contributed by atoms with van der Waals surface area (Å²) in [6.07, 6.45) is 0. The average molecular weight is 289 g/mol. The van der Waals surface area contributed by atoms with Crippen LogP contribution in [0.15, 0.2) is 40.8 Å². The van der Waals surface area contributed by atoms with Gasteiger partial charge in [-0.1, -0.05) is 11.6 Å². The van der Waals surface area contributed by atoms with Gasteiger partial charge < -0.3 is 9.15 Å². The summed E-state index contributed by atoms with van der Waals surface area (Å²) in [5, 5.41) is 2.31. The minimum absolute atomic E-state index is 0.231. The van der Waals surface area contributed by atoms with E-state index in [1.54, 1.807) is 30.3 Å². The van der Waals surface area contributed by atoms with Crippen LogP contribution in [0.5, 0.6) is 0 Å². The number of ether oxygens (including phenoxy) is 1. The van der Waals surface area contributed by atoms with E-state index in [0.29, 0.717) is 16.2 Å². The molecule has 100 valence electrons. The largest absolute Gasteiger partial charge is 0.463 e. The predicted molar refractivity (Wildman–Crippen MR) is 75.1 cm³/mol. The second-order valence-electron chi connectivity index (χ2n) is 4.27. The van der Waals surface area contributed by atoms with Gasteiger partial charge in [0, 0.05) is 21.4 Å². The Balaban J connectivity index is 2.19. The molecule has 5 heteroatoms. The number of ketones is 1. The smallest absolute Gasteiger partial charge is 0.379 e. The van der Waals surface area contributed by atoms with Crippen LogP contribution in [0.4, 0.5) is 0 Å². The molecule has 0 spiro atoms. The highest BCUT2D eigenvalue weighted by Gasteiger charge is 2.18. The molecule has 0 aliphatic carbocycles. The summed E-state index contributed by atoms with van der Waals surface area (Å²) >= 11 is 5.96. The lowest BCUT2D eigenvalue weighted by molar-refractivity contribution is -0.135. The summed E-state index contributed by atoms with van der Waals surface area (Å²) in [5.74, 6) is -1.60. The van der Waals surface area contributed by atoms with Crippen molar-refractivity contribution >= 4 is 45.3 Å². The number of hydrogen-bond donors (Lipinski definition) is 0. The van der Waals surface area contributed by atoms with Gasteiger partial charge >= 0.3 is 5.97 Å². The SMILES string of the molecule is COC(=O)C(=O)c1ccc2c(c1)oc1ccc(Cl)cc12. The number of benzene rings is 2. The molecule has 0 atom stereocenters. The molecule has 0 aliphatic heterocycles. The molecule has 0 fully saturated rings. The molecule has 20 heavy (non-hydrogen) atoms. The summed E-state index contributed by atoms with van der Waals surface area (Å²) in [7, 11) is 1.17. The van der Waals surface area contributed by atoms with Gasteiger partial charge in [-0.15, -0.1) is 0 Å². The van der Waals surface area contributed by atoms with Gasteiger partial charge in [-0.3, -0.25) is 4.79 Å². The summed E-state index contributed by atoms with van der Waals surface area (Å²) in [5.41, 5.74) is 1.43. The topological polar surface area (TPSA) is 56.5 Å². The Morgan fingerprint density at radius 3 is 2.60 bits per heavy atom. The Kier molecular flexibility index (Phi) is 2.95. The number of methoxy groups -OCH3 is 1. The van der Waals surface area contributed by atoms with E-state index in [4.69, 9.17) is 16.0 Å². The number of halogens is 1. The van der Waals surface area contributed by atoms with E-state index in [2.05, 4.69) is 4.74 Å². The van der Waals surface area contributed by atoms with Gasteiger partial charge in [0.2, 0.25) is 0 Å². The van der Waals surface area contributed by atoms with Crippen molar-refractivity contribution in [2.24, 2.45) is 0 Å². The van der Waals surface area contributed by atoms with Crippen molar-refractivity contribution in [3.05, 3.63) is 47.0 Å². The first-order valence-corrected chi connectivity index (χ1v) is 6.22. The fourth-order valence-corrected chi connectivity index (χ4v) is 2.27. The minimum atomic E-state index is -0.900. The van der Waals surface area contributed by atoms with Crippen molar-refractivity contribution in [1.82, 2.24) is 0 Å². The summed E-state index contributed by atoms with van der Waals surface area (Å²) < 4.78 is 10.1. The van der Waals surface area contributed by atoms with E-state index in [0.717, 1.165) is 10.8 Å². The van der Waals surface area contributed by atoms with Crippen LogP contribution in [-0.4, -0.2) is 18.9 Å². The fraction of sp³-hybridized carbons (Fsp3) is 0.0667. The van der Waals surface area contributed by atoms with Crippen molar-refractivity contribution in [1.29, 1.82) is 0 Å². The van der Waals surface area contributed by atoms with Crippen LogP contribution in [0.1, 0.15) is 10.4 Å². The van der Waals surface area contributed by atoms with E-state index < -0.39 is 11.8 Å². The van der Waals surface area contributed by atoms with Crippen LogP contribution < -0.4 is 0 Å². The predicted octanol–water partition coefficient (Wildman–Crippen LogP) is 3.60. The third kappa shape index (κ3) is 1.94. The monoisotopic (exact) mass is 288 g/mol. The number of esters is 1. The Morgan fingerprint density at radius 2 is 1.85 bits per heavy atom. The van der Waals surface area contributed by atoms with Crippen molar-refractivity contribution < 1.29 is 18.7 Å². The Labute approximate surface area is 118 Å². The first-order chi connectivity index (χ1) is 9.60. The van der Waals surface area contributed by atoms with Gasteiger partial charge in [-0.05, 0) is 36.4 Å². The number of carbonyl (C=O) groups excluding carboxylic acids is 2. The van der Waals surface area contributed by atoms with E-state index in [1.807, 2.05) is 0 Å². The number of fused-ring (bicyclic) bond motifs is 3. The lowest BCUT2D eigenvalue weighted by Crippen LogP contribution is -2.15. The number of furan rings is 1. The first-order valence-electron chi connectivity index (χ1n) is 5.84. The van der Waals surface area contributed by atoms with Gasteiger partial charge in [0.1, 0.15) is 11.2 Å². The molecular weight excluding hydrogens is 280 g/mol. The minimum Gasteiger partial charge on any atom is -0.463 e. The average Bonchev–Trinajstić information content (AvgIpc) is 2.82. The highest BCUT2D eigenvalue weighted by Crippen LogP contribution is 2.31. The van der Waals surface area contributed by atoms with Gasteiger partial charge in [-0.25, -0.2) is 4.79 Å². The molecular formula is C15H9ClO4. The highest BCUT2D eigenvalue weighted by molar-refractivity contribution is 6.41. The van der Waals surface area contributed by atoms with Crippen molar-refractivity contribution in [2.45, 2.75) is 0 Å². The zero-order chi connectivity index (χ0) is 14.3. The van der Waals surface area contributed by atoms with E-state index in [-0.39, 0.29) is 5.56 Å². The fourth-order valence-electron chi connectivity index (χ4n) is 2.10. The molecule has 0 bridgehead atoms. The van der Waals surface area contributed by atoms with Crippen LogP contribution in [0.3, 0.4) is 0 Å². The van der Waals surface area contributed by atoms with Crippen LogP contribution in [0.2, 0.25) is 5.02 Å². The quantitative estimate of drug-likeness (QED) is 0.411. The Morgan fingerprint density at radius 1 is 1.05 bits per heavy atom. The summed E-state index contributed by atoms with van der Waals surface area (Å²) in [6.45, 7) is 0. The third-order valence-corrected chi connectivity index (χ3v) is 3.30. The maximum absolute atomic E-state index is 11.8. The summed E-state index contributed by atoms with van der Waals surface area (Å²) in [4.78, 5) is 23.0. The maximum atomic E-state index is 11.8. The molecule has 0 unspecified atom stereocenters. The van der Waals surface area contributed by atoms with E-state index in [1.165, 1.54) is 13.2 Å². The molecule has 0 amide bonds. The number of Topliss-reactive ketones (excluding diaryl/α,β-unsaturated/α-hetero) is 1. The lowest BCUT2D eigenvalue weighted by Gasteiger charge is -1.98. The molecule has 0 radical (unpaired) electrons. The second kappa shape index (κ2) is 4.65. The van der Waals surface area contributed by atoms with Gasteiger partial charge in [-0.2, -0.15) is 0 Å². The van der Waals surface area contributed by atoms with Crippen LogP contribution in [0.25, 0.3) is 21.9 Å². The molecule has 3 aromatic rings. The zero-order valence-corrected chi connectivity index (χ0v) is 11.2. The number of hydrogen-bond acceptors (Lipinski definition) is 4. The van der Waals surface area contributed by atoms with Crippen molar-refractivity contribution in [3.8, 4) is 0 Å². The van der Waals surface area contributed by atoms with E-state index in [9.17, 15) is 9.59 Å². The Bertz CT molecular complexity index is 848. The highest BCUT2D eigenvalue weighted by atomic mass is 35.5. The second-order valence-corrected chi connectivity index (χ2v) is 4.71. The number of carbonyl (C=O) groups is 2. The van der Waals surface area contributed by atoms with Gasteiger partial charge in [0.25, 0.3) is 5.78 Å². The molecule has 2 aromatic carbocycles. The standard InChI is InChI=1S/C15H9ClO4/c1-19-15(18)14(17)8-2-4-10-11-7-9(16)3-5-12(11)20-13(10)6-8/h2-7H,1H3. The van der Waals surface area contributed by atoms with E-state index >= 15 is 0 Å². The third-order valence-electron chi connectivity index (χ3n) is 3.07. The lowest BCUT2D eigenvalue weighted by atomic mass is 10.1. The van der Waals surface area contributed by atoms with Crippen LogP contribution >= 0.6 is 11.6 Å². The number of rotatable bonds is 2.